The number of carbonyl (C=O) groups excluding carboxylic acids is 1. The summed E-state index contributed by atoms with van der Waals surface area (Å²) in [5.74, 6) is 1.09. The van der Waals surface area contributed by atoms with Crippen molar-refractivity contribution in [3.63, 3.8) is 0 Å². The van der Waals surface area contributed by atoms with Crippen LogP contribution in [0.4, 0.5) is 0 Å². The van der Waals surface area contributed by atoms with Gasteiger partial charge >= 0.3 is 0 Å². The van der Waals surface area contributed by atoms with Crippen molar-refractivity contribution in [1.29, 1.82) is 5.26 Å². The van der Waals surface area contributed by atoms with Gasteiger partial charge in [0.25, 0.3) is 0 Å². The average molecular weight is 343 g/mol. The summed E-state index contributed by atoms with van der Waals surface area (Å²) in [6.45, 7) is 5.27. The molecule has 1 aromatic heterocycles. The number of thioether (sulfide) groups is 1. The fourth-order valence-corrected chi connectivity index (χ4v) is 3.23. The van der Waals surface area contributed by atoms with Crippen molar-refractivity contribution < 1.29 is 4.79 Å². The van der Waals surface area contributed by atoms with Gasteiger partial charge in [0, 0.05) is 25.7 Å². The van der Waals surface area contributed by atoms with Crippen LogP contribution in [-0.2, 0) is 11.3 Å². The Kier molecular flexibility index (Phi) is 6.38. The van der Waals surface area contributed by atoms with Gasteiger partial charge in [-0.05, 0) is 19.4 Å². The van der Waals surface area contributed by atoms with E-state index in [2.05, 4.69) is 10.2 Å². The van der Waals surface area contributed by atoms with Gasteiger partial charge in [-0.1, -0.05) is 36.0 Å². The van der Waals surface area contributed by atoms with Gasteiger partial charge in [0.05, 0.1) is 18.2 Å². The highest BCUT2D eigenvalue weighted by atomic mass is 32.2. The summed E-state index contributed by atoms with van der Waals surface area (Å²) < 4.78 is 2.02. The molecule has 0 unspecified atom stereocenters. The SMILES string of the molecule is CCn1c(SCC(=O)N(C)CCC#N)nnc1-c1ccccc1C. The molecule has 126 valence electrons. The van der Waals surface area contributed by atoms with Crippen LogP contribution in [0.2, 0.25) is 0 Å². The maximum absolute atomic E-state index is 12.1. The van der Waals surface area contributed by atoms with Crippen LogP contribution in [-0.4, -0.2) is 44.9 Å². The van der Waals surface area contributed by atoms with Crippen LogP contribution in [0.1, 0.15) is 18.9 Å². The largest absolute Gasteiger partial charge is 0.344 e. The van der Waals surface area contributed by atoms with E-state index < -0.39 is 0 Å². The standard InChI is InChI=1S/C17H21N5OS/c1-4-22-16(14-9-6-5-8-13(14)2)19-20-17(22)24-12-15(23)21(3)11-7-10-18/h5-6,8-9H,4,7,11-12H2,1-3H3. The van der Waals surface area contributed by atoms with Gasteiger partial charge in [-0.3, -0.25) is 4.79 Å². The van der Waals surface area contributed by atoms with Crippen LogP contribution >= 0.6 is 11.8 Å². The van der Waals surface area contributed by atoms with E-state index >= 15 is 0 Å². The van der Waals surface area contributed by atoms with Crippen molar-refractivity contribution in [2.75, 3.05) is 19.3 Å². The van der Waals surface area contributed by atoms with Gasteiger partial charge in [0.15, 0.2) is 11.0 Å². The van der Waals surface area contributed by atoms with Crippen molar-refractivity contribution in [3.05, 3.63) is 29.8 Å². The molecule has 2 rings (SSSR count). The number of rotatable bonds is 7. The number of nitriles is 1. The minimum Gasteiger partial charge on any atom is -0.344 e. The van der Waals surface area contributed by atoms with E-state index in [1.54, 1.807) is 11.9 Å². The van der Waals surface area contributed by atoms with Gasteiger partial charge in [0.2, 0.25) is 5.91 Å². The first-order valence-corrected chi connectivity index (χ1v) is 8.80. The summed E-state index contributed by atoms with van der Waals surface area (Å²) in [4.78, 5) is 13.7. The van der Waals surface area contributed by atoms with Crippen LogP contribution in [0.15, 0.2) is 29.4 Å². The highest BCUT2D eigenvalue weighted by molar-refractivity contribution is 7.99. The van der Waals surface area contributed by atoms with Crippen molar-refractivity contribution >= 4 is 17.7 Å². The second-order valence-electron chi connectivity index (χ2n) is 5.38. The van der Waals surface area contributed by atoms with Crippen molar-refractivity contribution in [1.82, 2.24) is 19.7 Å². The monoisotopic (exact) mass is 343 g/mol. The van der Waals surface area contributed by atoms with Crippen LogP contribution in [0.25, 0.3) is 11.4 Å². The molecule has 0 saturated carbocycles. The van der Waals surface area contributed by atoms with E-state index in [9.17, 15) is 4.79 Å². The Hall–Kier alpha value is -2.33. The number of nitrogens with zero attached hydrogens (tertiary/aromatic N) is 5. The first kappa shape index (κ1) is 18.0. The molecule has 0 bridgehead atoms. The molecule has 2 aromatic rings. The predicted octanol–water partition coefficient (Wildman–Crippen LogP) is 2.74. The molecular formula is C17H21N5OS. The molecule has 0 spiro atoms. The number of carbonyl (C=O) groups is 1. The molecule has 0 radical (unpaired) electrons. The first-order valence-electron chi connectivity index (χ1n) is 7.81. The summed E-state index contributed by atoms with van der Waals surface area (Å²) in [5, 5.41) is 17.9. The summed E-state index contributed by atoms with van der Waals surface area (Å²) in [6.07, 6.45) is 0.343. The number of aryl methyl sites for hydroxylation is 1. The van der Waals surface area contributed by atoms with E-state index in [1.807, 2.05) is 48.7 Å². The number of hydrogen-bond donors (Lipinski definition) is 0. The molecule has 0 aliphatic carbocycles. The van der Waals surface area contributed by atoms with Crippen LogP contribution in [0.5, 0.6) is 0 Å². The average Bonchev–Trinajstić information content (AvgIpc) is 3.00. The Morgan fingerprint density at radius 3 is 2.79 bits per heavy atom. The van der Waals surface area contributed by atoms with Crippen LogP contribution in [0, 0.1) is 18.3 Å². The Labute approximate surface area is 146 Å². The zero-order chi connectivity index (χ0) is 17.5. The fourth-order valence-electron chi connectivity index (χ4n) is 2.28. The Bertz CT molecular complexity index is 750. The van der Waals surface area contributed by atoms with Gasteiger partial charge in [-0.15, -0.1) is 10.2 Å². The Morgan fingerprint density at radius 2 is 2.12 bits per heavy atom. The smallest absolute Gasteiger partial charge is 0.232 e. The molecule has 0 aliphatic rings. The number of amides is 1. The highest BCUT2D eigenvalue weighted by Gasteiger charge is 2.16. The van der Waals surface area contributed by atoms with E-state index in [0.717, 1.165) is 28.7 Å². The molecule has 0 atom stereocenters. The van der Waals surface area contributed by atoms with Crippen LogP contribution in [0.3, 0.4) is 0 Å². The van der Waals surface area contributed by atoms with E-state index in [0.29, 0.717) is 13.0 Å². The molecule has 6 nitrogen and oxygen atoms in total. The third-order valence-electron chi connectivity index (χ3n) is 3.73. The Morgan fingerprint density at radius 1 is 1.38 bits per heavy atom. The van der Waals surface area contributed by atoms with Gasteiger partial charge in [-0.2, -0.15) is 5.26 Å². The van der Waals surface area contributed by atoms with Gasteiger partial charge in [0.1, 0.15) is 0 Å². The zero-order valence-electron chi connectivity index (χ0n) is 14.2. The van der Waals surface area contributed by atoms with Crippen molar-refractivity contribution in [2.24, 2.45) is 0 Å². The lowest BCUT2D eigenvalue weighted by molar-refractivity contribution is -0.127. The lowest BCUT2D eigenvalue weighted by Gasteiger charge is -2.15. The number of hydrogen-bond acceptors (Lipinski definition) is 5. The molecule has 0 fully saturated rings. The molecule has 1 heterocycles. The summed E-state index contributed by atoms with van der Waals surface area (Å²) in [7, 11) is 1.71. The number of aromatic nitrogens is 3. The van der Waals surface area contributed by atoms with Crippen LogP contribution < -0.4 is 0 Å². The lowest BCUT2D eigenvalue weighted by atomic mass is 10.1. The summed E-state index contributed by atoms with van der Waals surface area (Å²) in [5.41, 5.74) is 2.19. The summed E-state index contributed by atoms with van der Waals surface area (Å²) >= 11 is 1.38. The molecule has 24 heavy (non-hydrogen) atoms. The second-order valence-corrected chi connectivity index (χ2v) is 6.32. The van der Waals surface area contributed by atoms with E-state index in [1.165, 1.54) is 11.8 Å². The predicted molar refractivity (Wildman–Crippen MR) is 94.5 cm³/mol. The van der Waals surface area contributed by atoms with Crippen molar-refractivity contribution in [2.45, 2.75) is 32.0 Å². The first-order chi connectivity index (χ1) is 11.6. The molecule has 1 aromatic carbocycles. The topological polar surface area (TPSA) is 74.8 Å². The van der Waals surface area contributed by atoms with E-state index in [4.69, 9.17) is 5.26 Å². The number of benzene rings is 1. The normalized spacial score (nSPS) is 10.4. The molecule has 0 saturated heterocycles. The van der Waals surface area contributed by atoms with Gasteiger partial charge < -0.3 is 9.47 Å². The minimum atomic E-state index is -0.0154. The lowest BCUT2D eigenvalue weighted by Crippen LogP contribution is -2.29. The molecular weight excluding hydrogens is 322 g/mol. The maximum atomic E-state index is 12.1. The van der Waals surface area contributed by atoms with Crippen molar-refractivity contribution in [3.8, 4) is 17.5 Å². The van der Waals surface area contributed by atoms with Gasteiger partial charge in [-0.25, -0.2) is 0 Å². The molecule has 0 N–H and O–H groups in total. The fraction of sp³-hybridized carbons (Fsp3) is 0.412. The highest BCUT2D eigenvalue weighted by Crippen LogP contribution is 2.26. The third-order valence-corrected chi connectivity index (χ3v) is 4.68. The summed E-state index contributed by atoms with van der Waals surface area (Å²) in [6, 6.07) is 10.1. The quantitative estimate of drug-likeness (QED) is 0.723. The minimum absolute atomic E-state index is 0.0154. The second kappa shape index (κ2) is 8.50. The molecule has 7 heteroatoms. The molecule has 1 amide bonds. The van der Waals surface area contributed by atoms with E-state index in [-0.39, 0.29) is 11.7 Å². The third kappa shape index (κ3) is 4.15. The Balaban J connectivity index is 2.12. The molecule has 0 aliphatic heterocycles. The zero-order valence-corrected chi connectivity index (χ0v) is 15.0. The maximum Gasteiger partial charge on any atom is 0.232 e.